The number of carbonyl (C=O) groups excluding carboxylic acids is 2. The third-order valence-corrected chi connectivity index (χ3v) is 2.44. The number of ether oxygens (including phenoxy) is 1. The van der Waals surface area contributed by atoms with E-state index in [9.17, 15) is 9.59 Å². The predicted octanol–water partition coefficient (Wildman–Crippen LogP) is 1.35. The van der Waals surface area contributed by atoms with E-state index >= 15 is 0 Å². The monoisotopic (exact) mass is 184 g/mol. The van der Waals surface area contributed by atoms with Crippen molar-refractivity contribution in [1.29, 1.82) is 0 Å². The van der Waals surface area contributed by atoms with Crippen LogP contribution in [0, 0.1) is 5.92 Å². The lowest BCUT2D eigenvalue weighted by Gasteiger charge is -2.18. The Morgan fingerprint density at radius 3 is 2.54 bits per heavy atom. The van der Waals surface area contributed by atoms with Crippen LogP contribution in [0.4, 0.5) is 0 Å². The van der Waals surface area contributed by atoms with Crippen molar-refractivity contribution in [2.45, 2.75) is 39.2 Å². The molecule has 74 valence electrons. The van der Waals surface area contributed by atoms with Crippen LogP contribution in [0.3, 0.4) is 0 Å². The van der Waals surface area contributed by atoms with Gasteiger partial charge in [-0.3, -0.25) is 4.79 Å². The Labute approximate surface area is 78.5 Å². The molecule has 13 heavy (non-hydrogen) atoms. The molecule has 0 aliphatic carbocycles. The fourth-order valence-electron chi connectivity index (χ4n) is 1.77. The lowest BCUT2D eigenvalue weighted by molar-refractivity contribution is -0.129. The average Bonchev–Trinajstić information content (AvgIpc) is 2.50. The van der Waals surface area contributed by atoms with Crippen molar-refractivity contribution in [3.63, 3.8) is 0 Å². The summed E-state index contributed by atoms with van der Waals surface area (Å²) in [6.07, 6.45) is 2.24. The summed E-state index contributed by atoms with van der Waals surface area (Å²) in [5.74, 6) is -0.0715. The van der Waals surface area contributed by atoms with E-state index in [0.717, 1.165) is 19.4 Å². The van der Waals surface area contributed by atoms with Crippen LogP contribution < -0.4 is 0 Å². The molecule has 2 unspecified atom stereocenters. The summed E-state index contributed by atoms with van der Waals surface area (Å²) in [6.45, 7) is 3.78. The van der Waals surface area contributed by atoms with E-state index in [1.807, 2.05) is 0 Å². The molecule has 1 rings (SSSR count). The zero-order valence-corrected chi connectivity index (χ0v) is 8.21. The molecule has 0 bridgehead atoms. The molecule has 0 radical (unpaired) electrons. The molecule has 2 atom stereocenters. The highest BCUT2D eigenvalue weighted by Crippen LogP contribution is 2.23. The SMILES string of the molecule is CC(=O)CC(C(C)=O)C1CCCO1. The van der Waals surface area contributed by atoms with Crippen LogP contribution in [0.5, 0.6) is 0 Å². The fourth-order valence-corrected chi connectivity index (χ4v) is 1.77. The zero-order valence-electron chi connectivity index (χ0n) is 8.21. The van der Waals surface area contributed by atoms with Crippen LogP contribution in [-0.4, -0.2) is 24.3 Å². The van der Waals surface area contributed by atoms with E-state index in [4.69, 9.17) is 4.74 Å². The maximum absolute atomic E-state index is 11.2. The van der Waals surface area contributed by atoms with Gasteiger partial charge in [-0.15, -0.1) is 0 Å². The minimum absolute atomic E-state index is 0.0126. The number of ketones is 2. The van der Waals surface area contributed by atoms with Crippen molar-refractivity contribution < 1.29 is 14.3 Å². The standard InChI is InChI=1S/C10H16O3/c1-7(11)6-9(8(2)12)10-4-3-5-13-10/h9-10H,3-6H2,1-2H3. The summed E-state index contributed by atoms with van der Waals surface area (Å²) in [6, 6.07) is 0. The van der Waals surface area contributed by atoms with Crippen molar-refractivity contribution in [1.82, 2.24) is 0 Å². The van der Waals surface area contributed by atoms with Gasteiger partial charge in [0.15, 0.2) is 0 Å². The third kappa shape index (κ3) is 2.92. The van der Waals surface area contributed by atoms with Crippen LogP contribution in [0.25, 0.3) is 0 Å². The quantitative estimate of drug-likeness (QED) is 0.662. The van der Waals surface area contributed by atoms with E-state index in [-0.39, 0.29) is 23.6 Å². The number of hydrogen-bond acceptors (Lipinski definition) is 3. The van der Waals surface area contributed by atoms with Gasteiger partial charge in [-0.2, -0.15) is 0 Å². The van der Waals surface area contributed by atoms with Crippen molar-refractivity contribution in [3.8, 4) is 0 Å². The van der Waals surface area contributed by atoms with Crippen molar-refractivity contribution in [2.24, 2.45) is 5.92 Å². The molecule has 3 heteroatoms. The summed E-state index contributed by atoms with van der Waals surface area (Å²) in [4.78, 5) is 22.1. The predicted molar refractivity (Wildman–Crippen MR) is 48.4 cm³/mol. The van der Waals surface area contributed by atoms with E-state index < -0.39 is 0 Å². The molecular weight excluding hydrogens is 168 g/mol. The minimum Gasteiger partial charge on any atom is -0.377 e. The van der Waals surface area contributed by atoms with Gasteiger partial charge in [-0.25, -0.2) is 0 Å². The van der Waals surface area contributed by atoms with E-state index in [2.05, 4.69) is 0 Å². The first-order chi connectivity index (χ1) is 6.11. The van der Waals surface area contributed by atoms with Crippen molar-refractivity contribution >= 4 is 11.6 Å². The highest BCUT2D eigenvalue weighted by Gasteiger charge is 2.29. The molecule has 0 amide bonds. The van der Waals surface area contributed by atoms with Gasteiger partial charge in [-0.05, 0) is 26.7 Å². The average molecular weight is 184 g/mol. The Morgan fingerprint density at radius 1 is 1.46 bits per heavy atom. The number of carbonyl (C=O) groups is 2. The fraction of sp³-hybridized carbons (Fsp3) is 0.800. The Hall–Kier alpha value is -0.700. The van der Waals surface area contributed by atoms with Gasteiger partial charge >= 0.3 is 0 Å². The van der Waals surface area contributed by atoms with Crippen LogP contribution in [0.2, 0.25) is 0 Å². The van der Waals surface area contributed by atoms with E-state index in [1.165, 1.54) is 13.8 Å². The molecule has 0 spiro atoms. The van der Waals surface area contributed by atoms with Crippen molar-refractivity contribution in [3.05, 3.63) is 0 Å². The zero-order chi connectivity index (χ0) is 9.84. The molecule has 1 aliphatic rings. The summed E-state index contributed by atoms with van der Waals surface area (Å²) < 4.78 is 5.40. The summed E-state index contributed by atoms with van der Waals surface area (Å²) in [5.41, 5.74) is 0. The van der Waals surface area contributed by atoms with E-state index in [1.54, 1.807) is 0 Å². The molecule has 1 aliphatic heterocycles. The molecule has 0 N–H and O–H groups in total. The first-order valence-electron chi connectivity index (χ1n) is 4.72. The number of Topliss-reactive ketones (excluding diaryl/α,β-unsaturated/α-hetero) is 2. The molecule has 0 saturated carbocycles. The lowest BCUT2D eigenvalue weighted by Crippen LogP contribution is -2.27. The normalized spacial score (nSPS) is 24.3. The molecule has 1 saturated heterocycles. The maximum Gasteiger partial charge on any atom is 0.135 e. The Kier molecular flexibility index (Phi) is 3.60. The first-order valence-corrected chi connectivity index (χ1v) is 4.72. The maximum atomic E-state index is 11.2. The van der Waals surface area contributed by atoms with Crippen LogP contribution in [0.1, 0.15) is 33.1 Å². The van der Waals surface area contributed by atoms with Gasteiger partial charge in [0, 0.05) is 13.0 Å². The van der Waals surface area contributed by atoms with Gasteiger partial charge in [0.25, 0.3) is 0 Å². The van der Waals surface area contributed by atoms with Gasteiger partial charge in [-0.1, -0.05) is 0 Å². The van der Waals surface area contributed by atoms with Gasteiger partial charge < -0.3 is 9.53 Å². The van der Waals surface area contributed by atoms with Crippen LogP contribution >= 0.6 is 0 Å². The molecule has 3 nitrogen and oxygen atoms in total. The van der Waals surface area contributed by atoms with Crippen LogP contribution in [-0.2, 0) is 14.3 Å². The Morgan fingerprint density at radius 2 is 2.15 bits per heavy atom. The number of hydrogen-bond donors (Lipinski definition) is 0. The smallest absolute Gasteiger partial charge is 0.135 e. The molecule has 1 heterocycles. The second-order valence-corrected chi connectivity index (χ2v) is 3.67. The molecule has 0 aromatic carbocycles. The van der Waals surface area contributed by atoms with Crippen molar-refractivity contribution in [2.75, 3.05) is 6.61 Å². The largest absolute Gasteiger partial charge is 0.377 e. The summed E-state index contributed by atoms with van der Waals surface area (Å²) >= 11 is 0. The molecule has 0 aromatic rings. The second-order valence-electron chi connectivity index (χ2n) is 3.67. The molecule has 0 aromatic heterocycles. The highest BCUT2D eigenvalue weighted by atomic mass is 16.5. The minimum atomic E-state index is -0.208. The first kappa shape index (κ1) is 10.4. The van der Waals surface area contributed by atoms with Gasteiger partial charge in [0.1, 0.15) is 11.6 Å². The second kappa shape index (κ2) is 4.51. The molecule has 1 fully saturated rings. The third-order valence-electron chi connectivity index (χ3n) is 2.44. The highest BCUT2D eigenvalue weighted by molar-refractivity contribution is 5.85. The molecular formula is C10H16O3. The lowest BCUT2D eigenvalue weighted by atomic mass is 9.91. The Balaban J connectivity index is 2.55. The van der Waals surface area contributed by atoms with Gasteiger partial charge in [0.05, 0.1) is 12.0 Å². The van der Waals surface area contributed by atoms with Crippen LogP contribution in [0.15, 0.2) is 0 Å². The number of rotatable bonds is 4. The Bertz CT molecular complexity index is 204. The summed E-state index contributed by atoms with van der Waals surface area (Å²) in [5, 5.41) is 0. The van der Waals surface area contributed by atoms with E-state index in [0.29, 0.717) is 6.42 Å². The van der Waals surface area contributed by atoms with Gasteiger partial charge in [0.2, 0.25) is 0 Å². The topological polar surface area (TPSA) is 43.4 Å². The summed E-state index contributed by atoms with van der Waals surface area (Å²) in [7, 11) is 0.